The molecule has 0 saturated carbocycles. The number of hydrogen-bond acceptors (Lipinski definition) is 3. The Labute approximate surface area is 194 Å². The van der Waals surface area contributed by atoms with E-state index in [2.05, 4.69) is 6.92 Å². The molecule has 0 spiro atoms. The van der Waals surface area contributed by atoms with Crippen molar-refractivity contribution in [2.24, 2.45) is 0 Å². The molecular weight excluding hydrogens is 359 g/mol. The predicted molar refractivity (Wildman–Crippen MR) is 98.2 cm³/mol. The fraction of sp³-hybridized carbons (Fsp3) is 0.500. The second-order valence-electron chi connectivity index (χ2n) is 6.49. The summed E-state index contributed by atoms with van der Waals surface area (Å²) >= 11 is 0. The first kappa shape index (κ1) is 23.3. The van der Waals surface area contributed by atoms with Gasteiger partial charge in [-0.15, -0.1) is 0 Å². The van der Waals surface area contributed by atoms with E-state index in [1.807, 2.05) is 24.3 Å². The maximum Gasteiger partial charge on any atom is 1.00 e. The van der Waals surface area contributed by atoms with E-state index in [0.29, 0.717) is 5.39 Å². The van der Waals surface area contributed by atoms with Gasteiger partial charge in [-0.3, -0.25) is 0 Å². The average molecular weight is 387 g/mol. The molecule has 0 fully saturated rings. The van der Waals surface area contributed by atoms with E-state index in [0.717, 1.165) is 23.8 Å². The topological polar surface area (TPSA) is 57.2 Å². The van der Waals surface area contributed by atoms with Gasteiger partial charge in [0.25, 0.3) is 0 Å². The van der Waals surface area contributed by atoms with Crippen LogP contribution in [-0.2, 0) is 16.5 Å². The monoisotopic (exact) mass is 386 g/mol. The number of unbranched alkanes of at least 4 members (excludes halogenated alkanes) is 7. The molecule has 0 amide bonds. The van der Waals surface area contributed by atoms with Crippen LogP contribution in [0.2, 0.25) is 0 Å². The van der Waals surface area contributed by atoms with Gasteiger partial charge in [0.2, 0.25) is 0 Å². The third-order valence-corrected chi connectivity index (χ3v) is 5.39. The Hall–Kier alpha value is 0.246. The zero-order chi connectivity index (χ0) is 17.4. The molecule has 0 N–H and O–H groups in total. The molecule has 0 bridgehead atoms. The van der Waals surface area contributed by atoms with Crippen LogP contribution in [0, 0.1) is 0 Å². The Balaban J connectivity index is 0.00000312. The molecule has 25 heavy (non-hydrogen) atoms. The van der Waals surface area contributed by atoms with Gasteiger partial charge in [-0.2, -0.15) is 0 Å². The Morgan fingerprint density at radius 2 is 1.52 bits per heavy atom. The van der Waals surface area contributed by atoms with E-state index in [1.165, 1.54) is 51.0 Å². The molecule has 2 aromatic rings. The van der Waals surface area contributed by atoms with Crippen LogP contribution in [0.4, 0.5) is 0 Å². The second-order valence-corrected chi connectivity index (χ2v) is 7.84. The van der Waals surface area contributed by atoms with Crippen LogP contribution in [-0.4, -0.2) is 13.0 Å². The van der Waals surface area contributed by atoms with Gasteiger partial charge in [-0.1, -0.05) is 76.1 Å². The minimum Gasteiger partial charge on any atom is -0.744 e. The van der Waals surface area contributed by atoms with Crippen molar-refractivity contribution in [3.8, 4) is 0 Å². The Morgan fingerprint density at radius 1 is 0.880 bits per heavy atom. The van der Waals surface area contributed by atoms with Crippen LogP contribution in [0.1, 0.15) is 63.9 Å². The van der Waals surface area contributed by atoms with Crippen molar-refractivity contribution in [1.29, 1.82) is 0 Å². The predicted octanol–water partition coefficient (Wildman–Crippen LogP) is 2.43. The molecule has 5 heteroatoms. The molecule has 132 valence electrons. The molecule has 0 heterocycles. The molecule has 0 aromatic heterocycles. The van der Waals surface area contributed by atoms with Gasteiger partial charge >= 0.3 is 51.4 Å². The third kappa shape index (κ3) is 7.79. The van der Waals surface area contributed by atoms with Crippen molar-refractivity contribution in [2.75, 3.05) is 0 Å². The van der Waals surface area contributed by atoms with Gasteiger partial charge in [0.05, 0.1) is 4.90 Å². The standard InChI is InChI=1S/C20H28O3S.K/c1-2-3-4-5-6-7-8-9-11-17-14-15-18-12-10-13-20(19(18)16-17)24(21,22)23;/h10,12-16H,2-9,11H2,1H3,(H,21,22,23);/q;+1/p-1. The van der Waals surface area contributed by atoms with E-state index in [9.17, 15) is 13.0 Å². The van der Waals surface area contributed by atoms with E-state index in [4.69, 9.17) is 0 Å². The Morgan fingerprint density at radius 3 is 2.16 bits per heavy atom. The molecule has 0 radical (unpaired) electrons. The zero-order valence-corrected chi connectivity index (χ0v) is 19.4. The van der Waals surface area contributed by atoms with Crippen LogP contribution in [0.25, 0.3) is 10.8 Å². The first-order valence-electron chi connectivity index (χ1n) is 9.00. The van der Waals surface area contributed by atoms with Crippen LogP contribution in [0.15, 0.2) is 41.3 Å². The number of aryl methyl sites for hydroxylation is 1. The fourth-order valence-electron chi connectivity index (χ4n) is 3.13. The summed E-state index contributed by atoms with van der Waals surface area (Å²) in [4.78, 5) is -0.113. The van der Waals surface area contributed by atoms with E-state index in [-0.39, 0.29) is 56.3 Å². The molecular formula is C20H27KO3S. The smallest absolute Gasteiger partial charge is 0.744 e. The summed E-state index contributed by atoms with van der Waals surface area (Å²) in [5.41, 5.74) is 1.10. The molecule has 2 aromatic carbocycles. The maximum atomic E-state index is 11.4. The molecule has 0 aliphatic carbocycles. The van der Waals surface area contributed by atoms with Crippen molar-refractivity contribution >= 4 is 20.9 Å². The number of fused-ring (bicyclic) bond motifs is 1. The van der Waals surface area contributed by atoms with Gasteiger partial charge in [0, 0.05) is 0 Å². The van der Waals surface area contributed by atoms with Crippen molar-refractivity contribution in [1.82, 2.24) is 0 Å². The summed E-state index contributed by atoms with van der Waals surface area (Å²) in [5.74, 6) is 0. The van der Waals surface area contributed by atoms with Crippen molar-refractivity contribution in [3.05, 3.63) is 42.0 Å². The first-order valence-corrected chi connectivity index (χ1v) is 10.4. The van der Waals surface area contributed by atoms with Crippen LogP contribution in [0.3, 0.4) is 0 Å². The van der Waals surface area contributed by atoms with E-state index in [1.54, 1.807) is 6.07 Å². The fourth-order valence-corrected chi connectivity index (χ4v) is 3.82. The summed E-state index contributed by atoms with van der Waals surface area (Å²) in [5, 5.41) is 1.34. The van der Waals surface area contributed by atoms with Gasteiger partial charge in [-0.25, -0.2) is 8.42 Å². The summed E-state index contributed by atoms with van der Waals surface area (Å²) in [6, 6.07) is 10.6. The molecule has 0 atom stereocenters. The van der Waals surface area contributed by atoms with Gasteiger partial charge in [-0.05, 0) is 41.3 Å². The average Bonchev–Trinajstić information content (AvgIpc) is 2.55. The molecule has 0 unspecified atom stereocenters. The number of rotatable bonds is 10. The van der Waals surface area contributed by atoms with Crippen molar-refractivity contribution in [3.63, 3.8) is 0 Å². The summed E-state index contributed by atoms with van der Waals surface area (Å²) < 4.78 is 34.2. The van der Waals surface area contributed by atoms with Crippen molar-refractivity contribution in [2.45, 2.75) is 69.6 Å². The van der Waals surface area contributed by atoms with Gasteiger partial charge in [0.1, 0.15) is 10.1 Å². The quantitative estimate of drug-likeness (QED) is 0.358. The Kier molecular flexibility index (Phi) is 11.0. The SMILES string of the molecule is CCCCCCCCCCc1ccc2cccc(S(=O)(=O)[O-])c2c1.[K+]. The summed E-state index contributed by atoms with van der Waals surface area (Å²) in [6.45, 7) is 2.23. The van der Waals surface area contributed by atoms with E-state index < -0.39 is 10.1 Å². The number of hydrogen-bond donors (Lipinski definition) is 0. The third-order valence-electron chi connectivity index (χ3n) is 4.49. The molecule has 2 rings (SSSR count). The van der Waals surface area contributed by atoms with Gasteiger partial charge in [0.15, 0.2) is 0 Å². The normalized spacial score (nSPS) is 11.4. The molecule has 3 nitrogen and oxygen atoms in total. The second kappa shape index (κ2) is 11.9. The zero-order valence-electron chi connectivity index (χ0n) is 15.5. The molecule has 0 aliphatic heterocycles. The number of benzene rings is 2. The van der Waals surface area contributed by atoms with Crippen LogP contribution in [0.5, 0.6) is 0 Å². The summed E-state index contributed by atoms with van der Waals surface area (Å²) in [6.07, 6.45) is 11.1. The minimum absolute atomic E-state index is 0. The van der Waals surface area contributed by atoms with Crippen LogP contribution >= 0.6 is 0 Å². The summed E-state index contributed by atoms with van der Waals surface area (Å²) in [7, 11) is -4.44. The van der Waals surface area contributed by atoms with E-state index >= 15 is 0 Å². The van der Waals surface area contributed by atoms with Crippen molar-refractivity contribution < 1.29 is 64.4 Å². The largest absolute Gasteiger partial charge is 1.00 e. The Bertz CT molecular complexity index is 757. The molecule has 0 saturated heterocycles. The van der Waals surface area contributed by atoms with Gasteiger partial charge < -0.3 is 4.55 Å². The maximum absolute atomic E-state index is 11.4. The molecule has 0 aliphatic rings. The first-order chi connectivity index (χ1) is 11.5. The van der Waals surface area contributed by atoms with Crippen LogP contribution < -0.4 is 51.4 Å². The minimum atomic E-state index is -4.44.